The first kappa shape index (κ1) is 22.4. The zero-order chi connectivity index (χ0) is 23.5. The fraction of sp³-hybridized carbons (Fsp3) is 0.462. The van der Waals surface area contributed by atoms with Crippen molar-refractivity contribution in [2.75, 3.05) is 6.54 Å². The third-order valence-electron chi connectivity index (χ3n) is 6.76. The maximum absolute atomic E-state index is 13.1. The predicted molar refractivity (Wildman–Crippen MR) is 130 cm³/mol. The van der Waals surface area contributed by atoms with E-state index in [0.717, 1.165) is 42.5 Å². The Balaban J connectivity index is 1.32. The van der Waals surface area contributed by atoms with Gasteiger partial charge in [-0.2, -0.15) is 0 Å². The predicted octanol–water partition coefficient (Wildman–Crippen LogP) is 3.17. The van der Waals surface area contributed by atoms with E-state index in [-0.39, 0.29) is 23.1 Å². The number of carbonyl (C=O) groups excluding carboxylic acids is 2. The van der Waals surface area contributed by atoms with Gasteiger partial charge in [-0.05, 0) is 43.7 Å². The molecule has 2 aliphatic carbocycles. The number of aromatic amines is 1. The van der Waals surface area contributed by atoms with Crippen molar-refractivity contribution < 1.29 is 9.59 Å². The van der Waals surface area contributed by atoms with Crippen LogP contribution >= 0.6 is 0 Å². The van der Waals surface area contributed by atoms with E-state index in [2.05, 4.69) is 20.6 Å². The Hall–Kier alpha value is -3.42. The van der Waals surface area contributed by atoms with Gasteiger partial charge < -0.3 is 20.2 Å². The summed E-state index contributed by atoms with van der Waals surface area (Å²) >= 11 is 0. The maximum Gasteiger partial charge on any atom is 0.256 e. The van der Waals surface area contributed by atoms with E-state index in [1.165, 1.54) is 19.3 Å². The molecule has 3 N–H and O–H groups in total. The van der Waals surface area contributed by atoms with Gasteiger partial charge in [-0.1, -0.05) is 31.4 Å². The van der Waals surface area contributed by atoms with Crippen molar-refractivity contribution >= 4 is 22.8 Å². The smallest absolute Gasteiger partial charge is 0.256 e. The number of benzene rings is 1. The van der Waals surface area contributed by atoms with Gasteiger partial charge in [0.15, 0.2) is 0 Å². The number of imidazole rings is 1. The fourth-order valence-electron chi connectivity index (χ4n) is 4.73. The molecule has 0 spiro atoms. The average Bonchev–Trinajstić information content (AvgIpc) is 3.56. The van der Waals surface area contributed by atoms with E-state index < -0.39 is 11.3 Å². The van der Waals surface area contributed by atoms with Crippen LogP contribution in [0.2, 0.25) is 0 Å². The monoisotopic (exact) mass is 461 g/mol. The number of nitrogens with one attached hydrogen (secondary N) is 3. The third kappa shape index (κ3) is 5.21. The second-order valence-corrected chi connectivity index (χ2v) is 9.57. The van der Waals surface area contributed by atoms with Gasteiger partial charge in [0.05, 0.1) is 11.0 Å². The SMILES string of the molecule is O=C(NCCc1nc2ccccc2[nH]1)c1cn(CC2CCCCC2)cc(C(=O)NC2CC2)c1=O. The van der Waals surface area contributed by atoms with Crippen LogP contribution in [0.5, 0.6) is 0 Å². The van der Waals surface area contributed by atoms with Crippen molar-refractivity contribution in [3.05, 3.63) is 63.8 Å². The molecule has 2 aliphatic rings. The summed E-state index contributed by atoms with van der Waals surface area (Å²) in [6.45, 7) is 1.04. The largest absolute Gasteiger partial charge is 0.352 e. The summed E-state index contributed by atoms with van der Waals surface area (Å²) in [7, 11) is 0. The van der Waals surface area contributed by atoms with Crippen LogP contribution < -0.4 is 16.1 Å². The van der Waals surface area contributed by atoms with Crippen LogP contribution in [0.4, 0.5) is 0 Å². The first-order chi connectivity index (χ1) is 16.6. The van der Waals surface area contributed by atoms with Gasteiger partial charge in [-0.25, -0.2) is 4.98 Å². The second kappa shape index (κ2) is 9.83. The Morgan fingerprint density at radius 3 is 2.47 bits per heavy atom. The molecular weight excluding hydrogens is 430 g/mol. The number of pyridine rings is 1. The molecule has 5 rings (SSSR count). The quantitative estimate of drug-likeness (QED) is 0.479. The average molecular weight is 462 g/mol. The Bertz CT molecular complexity index is 1220. The lowest BCUT2D eigenvalue weighted by atomic mass is 9.89. The first-order valence-corrected chi connectivity index (χ1v) is 12.3. The van der Waals surface area contributed by atoms with E-state index in [0.29, 0.717) is 25.4 Å². The number of carbonyl (C=O) groups is 2. The van der Waals surface area contributed by atoms with Crippen molar-refractivity contribution in [1.29, 1.82) is 0 Å². The van der Waals surface area contributed by atoms with Crippen LogP contribution in [0.1, 0.15) is 71.5 Å². The van der Waals surface area contributed by atoms with Crippen molar-refractivity contribution in [1.82, 2.24) is 25.2 Å². The molecule has 1 aromatic carbocycles. The molecule has 2 heterocycles. The van der Waals surface area contributed by atoms with Gasteiger partial charge in [0.1, 0.15) is 17.0 Å². The lowest BCUT2D eigenvalue weighted by Gasteiger charge is -2.23. The molecule has 0 atom stereocenters. The molecular formula is C26H31N5O3. The fourth-order valence-corrected chi connectivity index (χ4v) is 4.73. The molecule has 2 aromatic heterocycles. The highest BCUT2D eigenvalue weighted by atomic mass is 16.2. The normalized spacial score (nSPS) is 16.5. The van der Waals surface area contributed by atoms with Crippen molar-refractivity contribution in [2.24, 2.45) is 5.92 Å². The summed E-state index contributed by atoms with van der Waals surface area (Å²) in [6.07, 6.45) is 11.6. The molecule has 2 fully saturated rings. The molecule has 0 bridgehead atoms. The molecule has 0 aliphatic heterocycles. The lowest BCUT2D eigenvalue weighted by Crippen LogP contribution is -2.37. The van der Waals surface area contributed by atoms with Crippen LogP contribution in [0.25, 0.3) is 11.0 Å². The summed E-state index contributed by atoms with van der Waals surface area (Å²) in [5.74, 6) is 0.426. The number of para-hydroxylation sites is 2. The summed E-state index contributed by atoms with van der Waals surface area (Å²) in [5, 5.41) is 5.73. The minimum atomic E-state index is -0.515. The molecule has 3 aromatic rings. The van der Waals surface area contributed by atoms with Crippen molar-refractivity contribution in [3.8, 4) is 0 Å². The number of fused-ring (bicyclic) bond motifs is 1. The van der Waals surface area contributed by atoms with Crippen LogP contribution in [0.3, 0.4) is 0 Å². The molecule has 0 unspecified atom stereocenters. The Kier molecular flexibility index (Phi) is 6.47. The Morgan fingerprint density at radius 2 is 1.74 bits per heavy atom. The highest BCUT2D eigenvalue weighted by Crippen LogP contribution is 2.25. The zero-order valence-electron chi connectivity index (χ0n) is 19.3. The summed E-state index contributed by atoms with van der Waals surface area (Å²) < 4.78 is 1.87. The van der Waals surface area contributed by atoms with E-state index in [1.807, 2.05) is 28.8 Å². The molecule has 0 saturated heterocycles. The molecule has 178 valence electrons. The molecule has 0 radical (unpaired) electrons. The number of nitrogens with zero attached hydrogens (tertiary/aromatic N) is 2. The number of aromatic nitrogens is 3. The van der Waals surface area contributed by atoms with Crippen LogP contribution in [-0.2, 0) is 13.0 Å². The molecule has 34 heavy (non-hydrogen) atoms. The maximum atomic E-state index is 13.1. The number of hydrogen-bond donors (Lipinski definition) is 3. The molecule has 2 amide bonds. The van der Waals surface area contributed by atoms with Gasteiger partial charge in [0, 0.05) is 37.9 Å². The minimum Gasteiger partial charge on any atom is -0.352 e. The van der Waals surface area contributed by atoms with Gasteiger partial charge in [-0.15, -0.1) is 0 Å². The first-order valence-electron chi connectivity index (χ1n) is 12.3. The third-order valence-corrected chi connectivity index (χ3v) is 6.76. The van der Waals surface area contributed by atoms with E-state index in [9.17, 15) is 14.4 Å². The highest BCUT2D eigenvalue weighted by Gasteiger charge is 2.27. The van der Waals surface area contributed by atoms with Crippen LogP contribution in [0.15, 0.2) is 41.5 Å². The summed E-state index contributed by atoms with van der Waals surface area (Å²) in [6, 6.07) is 7.90. The van der Waals surface area contributed by atoms with E-state index in [4.69, 9.17) is 0 Å². The zero-order valence-corrected chi connectivity index (χ0v) is 19.3. The topological polar surface area (TPSA) is 109 Å². The second-order valence-electron chi connectivity index (χ2n) is 9.57. The lowest BCUT2D eigenvalue weighted by molar-refractivity contribution is 0.0948. The number of rotatable bonds is 8. The summed E-state index contributed by atoms with van der Waals surface area (Å²) in [5.41, 5.74) is 1.38. The number of amides is 2. The minimum absolute atomic E-state index is 0.0175. The van der Waals surface area contributed by atoms with E-state index in [1.54, 1.807) is 12.4 Å². The van der Waals surface area contributed by atoms with Gasteiger partial charge in [-0.3, -0.25) is 14.4 Å². The van der Waals surface area contributed by atoms with Crippen LogP contribution in [-0.4, -0.2) is 38.9 Å². The van der Waals surface area contributed by atoms with Crippen LogP contribution in [0, 0.1) is 5.92 Å². The Morgan fingerprint density at radius 1 is 1.00 bits per heavy atom. The number of hydrogen-bond acceptors (Lipinski definition) is 4. The van der Waals surface area contributed by atoms with Crippen molar-refractivity contribution in [2.45, 2.75) is 64.0 Å². The summed E-state index contributed by atoms with van der Waals surface area (Å²) in [4.78, 5) is 46.6. The highest BCUT2D eigenvalue weighted by molar-refractivity contribution is 5.99. The molecule has 2 saturated carbocycles. The molecule has 8 nitrogen and oxygen atoms in total. The van der Waals surface area contributed by atoms with Crippen molar-refractivity contribution in [3.63, 3.8) is 0 Å². The van der Waals surface area contributed by atoms with Gasteiger partial charge in [0.25, 0.3) is 11.8 Å². The van der Waals surface area contributed by atoms with Gasteiger partial charge >= 0.3 is 0 Å². The number of H-pyrrole nitrogens is 1. The standard InChI is InChI=1S/C26H31N5O3/c32-24-19(25(33)27-13-12-23-29-21-8-4-5-9-22(21)30-23)15-31(14-17-6-2-1-3-7-17)16-20(24)26(34)28-18-10-11-18/h4-5,8-9,15-18H,1-3,6-7,10-14H2,(H,27,33)(H,28,34)(H,29,30). The van der Waals surface area contributed by atoms with Gasteiger partial charge in [0.2, 0.25) is 5.43 Å². The van der Waals surface area contributed by atoms with E-state index >= 15 is 0 Å². The Labute approximate surface area is 198 Å². The molecule has 8 heteroatoms.